The summed E-state index contributed by atoms with van der Waals surface area (Å²) in [4.78, 5) is 13.6. The number of carbonyl (C=O) groups excluding carboxylic acids is 1. The van der Waals surface area contributed by atoms with E-state index in [-0.39, 0.29) is 41.6 Å². The maximum absolute atomic E-state index is 13.8. The molecule has 38 heavy (non-hydrogen) atoms. The number of aromatic nitrogens is 1. The third kappa shape index (κ3) is 5.45. The number of β-amino-alcohol motifs (C(OH)–C–C–N with tert-alkyl or cyclic N) is 1. The van der Waals surface area contributed by atoms with Crippen molar-refractivity contribution in [1.82, 2.24) is 10.1 Å². The lowest BCUT2D eigenvalue weighted by atomic mass is 9.86. The molecule has 0 spiro atoms. The molecule has 1 amide bonds. The molecule has 0 radical (unpaired) electrons. The lowest BCUT2D eigenvalue weighted by Gasteiger charge is -2.46. The Labute approximate surface area is 234 Å². The van der Waals surface area contributed by atoms with Crippen molar-refractivity contribution in [2.75, 3.05) is 19.7 Å². The highest BCUT2D eigenvalue weighted by Crippen LogP contribution is 2.46. The average molecular weight is 584 g/mol. The lowest BCUT2D eigenvalue weighted by Crippen LogP contribution is -2.61. The summed E-state index contributed by atoms with van der Waals surface area (Å²) >= 11 is 19.1. The number of benzene rings is 2. The van der Waals surface area contributed by atoms with Crippen LogP contribution in [0.25, 0.3) is 11.3 Å². The maximum Gasteiger partial charge on any atom is 0.409 e. The van der Waals surface area contributed by atoms with Gasteiger partial charge in [0, 0.05) is 17.0 Å². The van der Waals surface area contributed by atoms with Gasteiger partial charge in [0.1, 0.15) is 35.2 Å². The first-order chi connectivity index (χ1) is 18.1. The van der Waals surface area contributed by atoms with E-state index >= 15 is 0 Å². The fourth-order valence-corrected chi connectivity index (χ4v) is 5.41. The van der Waals surface area contributed by atoms with Gasteiger partial charge in [0.2, 0.25) is 0 Å². The van der Waals surface area contributed by atoms with Gasteiger partial charge in [-0.05, 0) is 43.0 Å². The van der Waals surface area contributed by atoms with Crippen LogP contribution in [0.15, 0.2) is 34.9 Å². The minimum atomic E-state index is -1.27. The van der Waals surface area contributed by atoms with E-state index in [9.17, 15) is 14.3 Å². The number of likely N-dealkylation sites (tertiary alicyclic amines) is 1. The van der Waals surface area contributed by atoms with Gasteiger partial charge in [0.15, 0.2) is 0 Å². The van der Waals surface area contributed by atoms with E-state index < -0.39 is 17.5 Å². The van der Waals surface area contributed by atoms with Gasteiger partial charge >= 0.3 is 6.09 Å². The van der Waals surface area contributed by atoms with Crippen LogP contribution in [0.1, 0.15) is 49.5 Å². The van der Waals surface area contributed by atoms with Gasteiger partial charge in [-0.1, -0.05) is 59.9 Å². The van der Waals surface area contributed by atoms with Crippen LogP contribution in [0, 0.1) is 11.7 Å². The Kier molecular flexibility index (Phi) is 7.52. The number of nitrogens with zero attached hydrogens (tertiary/aromatic N) is 2. The molecule has 1 saturated heterocycles. The number of carbonyl (C=O) groups is 1. The molecule has 1 aliphatic heterocycles. The number of amides is 1. The molecule has 7 nitrogen and oxygen atoms in total. The summed E-state index contributed by atoms with van der Waals surface area (Å²) < 4.78 is 30.6. The number of ether oxygens (including phenoxy) is 2. The first-order valence-electron chi connectivity index (χ1n) is 12.3. The quantitative estimate of drug-likeness (QED) is 0.302. The van der Waals surface area contributed by atoms with Crippen LogP contribution >= 0.6 is 34.8 Å². The molecular formula is C27H26Cl3FN2O5. The van der Waals surface area contributed by atoms with Crippen LogP contribution in [0.4, 0.5) is 9.18 Å². The van der Waals surface area contributed by atoms with E-state index in [0.717, 1.165) is 12.8 Å². The molecule has 2 aliphatic rings. The number of hydrogen-bond donors (Lipinski definition) is 1. The summed E-state index contributed by atoms with van der Waals surface area (Å²) in [7, 11) is 0. The minimum absolute atomic E-state index is 0.0812. The van der Waals surface area contributed by atoms with Gasteiger partial charge in [-0.15, -0.1) is 0 Å². The molecule has 0 atom stereocenters. The zero-order valence-electron chi connectivity index (χ0n) is 20.8. The average Bonchev–Trinajstić information content (AvgIpc) is 3.59. The van der Waals surface area contributed by atoms with Gasteiger partial charge in [-0.3, -0.25) is 0 Å². The topological polar surface area (TPSA) is 85.0 Å². The van der Waals surface area contributed by atoms with Crippen molar-refractivity contribution in [3.8, 4) is 17.0 Å². The van der Waals surface area contributed by atoms with Crippen molar-refractivity contribution in [2.24, 2.45) is 5.92 Å². The van der Waals surface area contributed by atoms with Crippen molar-refractivity contribution < 1.29 is 28.3 Å². The summed E-state index contributed by atoms with van der Waals surface area (Å²) in [6.07, 6.45) is 1.47. The van der Waals surface area contributed by atoms with Gasteiger partial charge in [-0.25, -0.2) is 9.18 Å². The molecule has 3 aromatic rings. The Morgan fingerprint density at radius 1 is 1.18 bits per heavy atom. The number of aliphatic hydroxyl groups is 1. The van der Waals surface area contributed by atoms with Crippen molar-refractivity contribution >= 4 is 40.9 Å². The fourth-order valence-electron chi connectivity index (χ4n) is 4.42. The summed E-state index contributed by atoms with van der Waals surface area (Å²) in [5.74, 6) is 1.04. The van der Waals surface area contributed by atoms with Gasteiger partial charge < -0.3 is 24.0 Å². The molecule has 0 unspecified atom stereocenters. The number of hydrogen-bond acceptors (Lipinski definition) is 6. The second kappa shape index (κ2) is 10.6. The largest absolute Gasteiger partial charge is 0.489 e. The Hall–Kier alpha value is -2.52. The summed E-state index contributed by atoms with van der Waals surface area (Å²) in [5, 5.41) is 15.8. The monoisotopic (exact) mass is 582 g/mol. The molecule has 2 aromatic carbocycles. The maximum atomic E-state index is 13.8. The third-order valence-electron chi connectivity index (χ3n) is 6.54. The summed E-state index contributed by atoms with van der Waals surface area (Å²) in [6.45, 7) is 4.47. The van der Waals surface area contributed by atoms with Crippen LogP contribution in [-0.2, 0) is 16.9 Å². The van der Waals surface area contributed by atoms with Crippen LogP contribution in [-0.4, -0.2) is 41.0 Å². The second-order valence-electron chi connectivity index (χ2n) is 10.2. The Balaban J connectivity index is 1.31. The second-order valence-corrected chi connectivity index (χ2v) is 11.4. The SMILES string of the molecule is CC(C)COC(=O)N1CC(O)(c2ccc(OCc3c(-c4c(Cl)cc(F)cc4Cl)noc3C3CC3)cc2Cl)C1. The molecule has 5 rings (SSSR count). The van der Waals surface area contributed by atoms with Crippen molar-refractivity contribution in [1.29, 1.82) is 0 Å². The molecule has 1 aromatic heterocycles. The molecule has 0 bridgehead atoms. The molecule has 1 aliphatic carbocycles. The fraction of sp³-hybridized carbons (Fsp3) is 0.407. The lowest BCUT2D eigenvalue weighted by molar-refractivity contribution is -0.0948. The molecule has 1 N–H and O–H groups in total. The molecule has 2 heterocycles. The van der Waals surface area contributed by atoms with E-state index in [0.29, 0.717) is 45.5 Å². The van der Waals surface area contributed by atoms with Crippen molar-refractivity contribution in [2.45, 2.75) is 44.8 Å². The van der Waals surface area contributed by atoms with Gasteiger partial charge in [-0.2, -0.15) is 0 Å². The molecule has 1 saturated carbocycles. The van der Waals surface area contributed by atoms with Gasteiger partial charge in [0.05, 0.1) is 40.3 Å². The van der Waals surface area contributed by atoms with Crippen molar-refractivity contribution in [3.63, 3.8) is 0 Å². The normalized spacial score (nSPS) is 16.5. The van der Waals surface area contributed by atoms with Crippen LogP contribution in [0.5, 0.6) is 5.75 Å². The van der Waals surface area contributed by atoms with E-state index in [1.54, 1.807) is 18.2 Å². The first-order valence-corrected chi connectivity index (χ1v) is 13.4. The standard InChI is InChI=1S/C27H26Cl3FN2O5/c1-14(2)10-37-26(34)33-12-27(35,13-33)19-6-5-17(9-20(19)28)36-11-18-24(32-38-25(18)15-3-4-15)23-21(29)7-16(31)8-22(23)30/h5-9,14-15,35H,3-4,10-13H2,1-2H3. The number of halogens is 4. The van der Waals surface area contributed by atoms with E-state index in [2.05, 4.69) is 5.16 Å². The Bertz CT molecular complexity index is 1350. The van der Waals surface area contributed by atoms with E-state index in [4.69, 9.17) is 48.8 Å². The predicted molar refractivity (Wildman–Crippen MR) is 141 cm³/mol. The van der Waals surface area contributed by atoms with Gasteiger partial charge in [0.25, 0.3) is 0 Å². The summed E-state index contributed by atoms with van der Waals surface area (Å²) in [5.41, 5.74) is 0.673. The highest BCUT2D eigenvalue weighted by Gasteiger charge is 2.47. The zero-order valence-corrected chi connectivity index (χ0v) is 23.0. The van der Waals surface area contributed by atoms with E-state index in [1.165, 1.54) is 17.0 Å². The molecule has 202 valence electrons. The first kappa shape index (κ1) is 27.1. The molecule has 11 heteroatoms. The van der Waals surface area contributed by atoms with Crippen molar-refractivity contribution in [3.05, 3.63) is 68.1 Å². The Morgan fingerprint density at radius 3 is 2.47 bits per heavy atom. The highest BCUT2D eigenvalue weighted by atomic mass is 35.5. The Morgan fingerprint density at radius 2 is 1.87 bits per heavy atom. The summed E-state index contributed by atoms with van der Waals surface area (Å²) in [6, 6.07) is 7.33. The van der Waals surface area contributed by atoms with Crippen LogP contribution in [0.2, 0.25) is 15.1 Å². The number of rotatable bonds is 8. The van der Waals surface area contributed by atoms with E-state index in [1.807, 2.05) is 13.8 Å². The molecule has 2 fully saturated rings. The van der Waals surface area contributed by atoms with Crippen LogP contribution in [0.3, 0.4) is 0 Å². The smallest absolute Gasteiger partial charge is 0.409 e. The third-order valence-corrected chi connectivity index (χ3v) is 7.45. The highest BCUT2D eigenvalue weighted by molar-refractivity contribution is 6.39. The molecular weight excluding hydrogens is 558 g/mol. The zero-order chi connectivity index (χ0) is 27.2. The van der Waals surface area contributed by atoms with Crippen LogP contribution < -0.4 is 4.74 Å². The minimum Gasteiger partial charge on any atom is -0.489 e. The predicted octanol–water partition coefficient (Wildman–Crippen LogP) is 7.19.